The predicted molar refractivity (Wildman–Crippen MR) is 172 cm³/mol. The molecule has 2 aliphatic carbocycles. The van der Waals surface area contributed by atoms with Gasteiger partial charge in [-0.25, -0.2) is 0 Å². The van der Waals surface area contributed by atoms with Crippen molar-refractivity contribution in [3.8, 4) is 0 Å². The molecule has 4 rings (SSSR count). The van der Waals surface area contributed by atoms with Gasteiger partial charge < -0.3 is 14.6 Å². The fourth-order valence-electron chi connectivity index (χ4n) is 6.03. The van der Waals surface area contributed by atoms with Crippen LogP contribution in [0.15, 0.2) is 89.8 Å². The highest BCUT2D eigenvalue weighted by molar-refractivity contribution is 5.86. The van der Waals surface area contributed by atoms with Crippen molar-refractivity contribution < 1.29 is 14.6 Å². The molecule has 218 valence electrons. The summed E-state index contributed by atoms with van der Waals surface area (Å²) in [5.41, 5.74) is 9.80. The number of unbranched alkanes of at least 4 members (excludes halogenated alkanes) is 5. The van der Waals surface area contributed by atoms with Gasteiger partial charge in [0.05, 0.1) is 6.61 Å². The zero-order chi connectivity index (χ0) is 29.4. The molecule has 0 radical (unpaired) electrons. The number of hydrogen-bond acceptors (Lipinski definition) is 3. The van der Waals surface area contributed by atoms with Crippen molar-refractivity contribution in [2.75, 3.05) is 13.7 Å². The summed E-state index contributed by atoms with van der Waals surface area (Å²) in [5, 5.41) is 11.1. The molecule has 41 heavy (non-hydrogen) atoms. The van der Waals surface area contributed by atoms with E-state index in [1.165, 1.54) is 65.5 Å². The average Bonchev–Trinajstić information content (AvgIpc) is 2.94. The molecule has 3 nitrogen and oxygen atoms in total. The third kappa shape index (κ3) is 7.58. The van der Waals surface area contributed by atoms with Crippen LogP contribution in [0, 0.1) is 27.7 Å². The lowest BCUT2D eigenvalue weighted by Gasteiger charge is -2.35. The second-order valence-electron chi connectivity index (χ2n) is 11.8. The molecule has 0 fully saturated rings. The Morgan fingerprint density at radius 2 is 1.61 bits per heavy atom. The van der Waals surface area contributed by atoms with Crippen molar-refractivity contribution in [3.05, 3.63) is 123 Å². The maximum atomic E-state index is 11.1. The van der Waals surface area contributed by atoms with Gasteiger partial charge in [-0.3, -0.25) is 0 Å². The first kappa shape index (κ1) is 30.8. The lowest BCUT2D eigenvalue weighted by atomic mass is 9.77. The summed E-state index contributed by atoms with van der Waals surface area (Å²) in [6.45, 7) is 11.5. The minimum absolute atomic E-state index is 0.565. The summed E-state index contributed by atoms with van der Waals surface area (Å²) >= 11 is 0. The number of hydrogen-bond donors (Lipinski definition) is 1. The van der Waals surface area contributed by atoms with E-state index in [0.29, 0.717) is 13.0 Å². The highest BCUT2D eigenvalue weighted by Crippen LogP contribution is 2.44. The molecule has 2 unspecified atom stereocenters. The number of benzene rings is 2. The molecule has 0 saturated heterocycles. The number of allylic oxidation sites excluding steroid dienone is 4. The number of aliphatic hydroxyl groups is 1. The quantitative estimate of drug-likeness (QED) is 0.267. The van der Waals surface area contributed by atoms with Crippen LogP contribution in [0.5, 0.6) is 0 Å². The van der Waals surface area contributed by atoms with Gasteiger partial charge in [-0.15, -0.1) is 0 Å². The van der Waals surface area contributed by atoms with Crippen LogP contribution in [-0.2, 0) is 15.1 Å². The zero-order valence-electron chi connectivity index (χ0n) is 25.9. The normalized spacial score (nSPS) is 21.5. The van der Waals surface area contributed by atoms with Crippen LogP contribution in [0.3, 0.4) is 0 Å². The maximum Gasteiger partial charge on any atom is 0.118 e. The molecular weight excluding hydrogens is 504 g/mol. The summed E-state index contributed by atoms with van der Waals surface area (Å²) < 4.78 is 12.3. The second kappa shape index (κ2) is 14.2. The van der Waals surface area contributed by atoms with Crippen molar-refractivity contribution in [3.63, 3.8) is 0 Å². The van der Waals surface area contributed by atoms with Crippen LogP contribution in [0.4, 0.5) is 0 Å². The summed E-state index contributed by atoms with van der Waals surface area (Å²) in [6, 6.07) is 13.2. The summed E-state index contributed by atoms with van der Waals surface area (Å²) in [4.78, 5) is 0. The van der Waals surface area contributed by atoms with Gasteiger partial charge in [-0.1, -0.05) is 98.7 Å². The van der Waals surface area contributed by atoms with Crippen molar-refractivity contribution in [2.24, 2.45) is 0 Å². The standard InChI is InChI=1S/C38H48O3/c1-7-8-9-10-11-12-21-41-33-16-15-32(37(39)25-33)24-31-19-20-38(40-6,36-18-14-28(3)23-30(36)5)26-35(31)34-17-13-27(2)22-29(34)4/h13-19,22-26,37,39H,7-12,20-21H2,1-6H3. The number of methoxy groups -OCH3 is 1. The SMILES string of the molecule is CCCCCCCCOC1=CC(O)C(=CC2=CCC(OC)(c3ccc(C)cc3C)C=C2c2ccc(C)cc2C)C=C1. The molecule has 1 N–H and O–H groups in total. The van der Waals surface area contributed by atoms with E-state index in [-0.39, 0.29) is 0 Å². The Bertz CT molecular complexity index is 1370. The second-order valence-corrected chi connectivity index (χ2v) is 11.8. The van der Waals surface area contributed by atoms with Crippen molar-refractivity contribution in [1.29, 1.82) is 0 Å². The third-order valence-corrected chi connectivity index (χ3v) is 8.38. The van der Waals surface area contributed by atoms with Crippen LogP contribution in [0.25, 0.3) is 5.57 Å². The van der Waals surface area contributed by atoms with Gasteiger partial charge in [0.25, 0.3) is 0 Å². The molecule has 0 aromatic heterocycles. The number of aryl methyl sites for hydroxylation is 4. The summed E-state index contributed by atoms with van der Waals surface area (Å²) in [7, 11) is 1.80. The van der Waals surface area contributed by atoms with Crippen LogP contribution in [0.1, 0.15) is 85.3 Å². The lowest BCUT2D eigenvalue weighted by Crippen LogP contribution is -2.29. The highest BCUT2D eigenvalue weighted by atomic mass is 16.5. The first-order valence-corrected chi connectivity index (χ1v) is 15.3. The highest BCUT2D eigenvalue weighted by Gasteiger charge is 2.35. The van der Waals surface area contributed by atoms with Crippen LogP contribution in [-0.4, -0.2) is 24.9 Å². The van der Waals surface area contributed by atoms with E-state index in [1.54, 1.807) is 7.11 Å². The Kier molecular flexibility index (Phi) is 10.6. The first-order chi connectivity index (χ1) is 19.8. The Morgan fingerprint density at radius 3 is 2.29 bits per heavy atom. The largest absolute Gasteiger partial charge is 0.494 e. The summed E-state index contributed by atoms with van der Waals surface area (Å²) in [5.74, 6) is 0.749. The molecule has 0 heterocycles. The van der Waals surface area contributed by atoms with Gasteiger partial charge in [0.15, 0.2) is 0 Å². The molecule has 0 saturated carbocycles. The van der Waals surface area contributed by atoms with E-state index >= 15 is 0 Å². The molecule has 2 atom stereocenters. The van der Waals surface area contributed by atoms with Crippen LogP contribution in [0.2, 0.25) is 0 Å². The van der Waals surface area contributed by atoms with Gasteiger partial charge in [0.1, 0.15) is 17.5 Å². The summed E-state index contributed by atoms with van der Waals surface area (Å²) in [6.07, 6.45) is 19.8. The Morgan fingerprint density at radius 1 is 0.902 bits per heavy atom. The van der Waals surface area contributed by atoms with Crippen LogP contribution < -0.4 is 0 Å². The minimum atomic E-state index is -0.714. The van der Waals surface area contributed by atoms with Gasteiger partial charge in [0, 0.05) is 13.5 Å². The fourth-order valence-corrected chi connectivity index (χ4v) is 6.03. The minimum Gasteiger partial charge on any atom is -0.494 e. The van der Waals surface area contributed by atoms with E-state index in [9.17, 15) is 5.11 Å². The van der Waals surface area contributed by atoms with Gasteiger partial charge in [-0.05, 0) is 97.4 Å². The Balaban J connectivity index is 1.59. The van der Waals surface area contributed by atoms with Crippen molar-refractivity contribution in [1.82, 2.24) is 0 Å². The number of aliphatic hydroxyl groups excluding tert-OH is 1. The predicted octanol–water partition coefficient (Wildman–Crippen LogP) is 9.29. The smallest absolute Gasteiger partial charge is 0.118 e. The van der Waals surface area contributed by atoms with Gasteiger partial charge in [-0.2, -0.15) is 0 Å². The average molecular weight is 553 g/mol. The molecular formula is C38H48O3. The van der Waals surface area contributed by atoms with Crippen molar-refractivity contribution in [2.45, 2.75) is 91.3 Å². The van der Waals surface area contributed by atoms with E-state index in [1.807, 2.05) is 18.2 Å². The molecule has 0 bridgehead atoms. The Hall–Kier alpha value is -3.14. The van der Waals surface area contributed by atoms with Crippen LogP contribution >= 0.6 is 0 Å². The molecule has 2 aromatic carbocycles. The molecule has 3 heteroatoms. The lowest BCUT2D eigenvalue weighted by molar-refractivity contribution is 0.0306. The monoisotopic (exact) mass is 552 g/mol. The van der Waals surface area contributed by atoms with Crippen molar-refractivity contribution >= 4 is 5.57 Å². The number of ether oxygens (including phenoxy) is 2. The number of rotatable bonds is 12. The molecule has 0 spiro atoms. The maximum absolute atomic E-state index is 11.1. The molecule has 2 aromatic rings. The zero-order valence-corrected chi connectivity index (χ0v) is 25.9. The first-order valence-electron chi connectivity index (χ1n) is 15.3. The van der Waals surface area contributed by atoms with E-state index in [2.05, 4.69) is 89.2 Å². The molecule has 2 aliphatic rings. The van der Waals surface area contributed by atoms with E-state index in [0.717, 1.165) is 28.9 Å². The van der Waals surface area contributed by atoms with Gasteiger partial charge >= 0.3 is 0 Å². The molecule has 0 amide bonds. The fraction of sp³-hybridized carbons (Fsp3) is 0.421. The third-order valence-electron chi connectivity index (χ3n) is 8.38. The van der Waals surface area contributed by atoms with E-state index < -0.39 is 11.7 Å². The van der Waals surface area contributed by atoms with Gasteiger partial charge in [0.2, 0.25) is 0 Å². The van der Waals surface area contributed by atoms with E-state index in [4.69, 9.17) is 9.47 Å². The Labute approximate surface area is 248 Å². The molecule has 0 aliphatic heterocycles. The topological polar surface area (TPSA) is 38.7 Å².